The third-order valence-electron chi connectivity index (χ3n) is 2.25. The molecule has 0 unspecified atom stereocenters. The molecule has 0 saturated heterocycles. The van der Waals surface area contributed by atoms with E-state index < -0.39 is 0 Å². The fraction of sp³-hybridized carbons (Fsp3) is 0.500. The smallest absolute Gasteiger partial charge is 0.332 e. The largest absolute Gasteiger partial charge is 0.464 e. The van der Waals surface area contributed by atoms with Crippen LogP contribution in [0, 0.1) is 0 Å². The number of rotatable bonds is 8. The molecular formula is C14H21BrO3. The number of allylic oxidation sites excluding steroid dienone is 3. The molecule has 3 nitrogen and oxygen atoms in total. The Morgan fingerprint density at radius 1 is 1.33 bits per heavy atom. The molecule has 0 rings (SSSR count). The number of ether oxygens (including phenoxy) is 2. The summed E-state index contributed by atoms with van der Waals surface area (Å²) in [5, 5.41) is 0. The number of esters is 1. The molecule has 0 N–H and O–H groups in total. The lowest BCUT2D eigenvalue weighted by molar-refractivity contribution is -0.148. The van der Waals surface area contributed by atoms with Gasteiger partial charge in [0.15, 0.2) is 0 Å². The van der Waals surface area contributed by atoms with Gasteiger partial charge in [-0.1, -0.05) is 35.5 Å². The van der Waals surface area contributed by atoms with E-state index in [9.17, 15) is 4.79 Å². The zero-order chi connectivity index (χ0) is 14.0. The molecule has 0 aromatic carbocycles. The van der Waals surface area contributed by atoms with Gasteiger partial charge in [-0.3, -0.25) is 0 Å². The number of carbonyl (C=O) groups excluding carboxylic acids is 1. The zero-order valence-electron chi connectivity index (χ0n) is 11.3. The second-order valence-electron chi connectivity index (χ2n) is 3.60. The average Bonchev–Trinajstić information content (AvgIpc) is 2.36. The Hall–Kier alpha value is -0.870. The van der Waals surface area contributed by atoms with Gasteiger partial charge >= 0.3 is 5.97 Å². The van der Waals surface area contributed by atoms with Crippen LogP contribution in [0.2, 0.25) is 0 Å². The number of hydrogen-bond acceptors (Lipinski definition) is 3. The highest BCUT2D eigenvalue weighted by molar-refractivity contribution is 9.11. The van der Waals surface area contributed by atoms with Crippen LogP contribution in [-0.4, -0.2) is 25.8 Å². The van der Waals surface area contributed by atoms with Crippen LogP contribution in [0.4, 0.5) is 0 Å². The summed E-state index contributed by atoms with van der Waals surface area (Å²) in [5.41, 5.74) is 1.98. The highest BCUT2D eigenvalue weighted by atomic mass is 79.9. The SMILES string of the molecule is C=C(CC)/C(=C\C(Br)=C/C)COCC(=O)OCC. The van der Waals surface area contributed by atoms with Gasteiger partial charge < -0.3 is 9.47 Å². The average molecular weight is 317 g/mol. The van der Waals surface area contributed by atoms with Gasteiger partial charge in [-0.2, -0.15) is 0 Å². The number of hydrogen-bond donors (Lipinski definition) is 0. The summed E-state index contributed by atoms with van der Waals surface area (Å²) in [5.74, 6) is -0.343. The van der Waals surface area contributed by atoms with E-state index in [0.29, 0.717) is 13.2 Å². The third-order valence-corrected chi connectivity index (χ3v) is 2.94. The number of carbonyl (C=O) groups is 1. The molecular weight excluding hydrogens is 296 g/mol. The van der Waals surface area contributed by atoms with Crippen molar-refractivity contribution in [1.82, 2.24) is 0 Å². The van der Waals surface area contributed by atoms with Crippen LogP contribution in [0.25, 0.3) is 0 Å². The Labute approximate surface area is 118 Å². The third kappa shape index (κ3) is 7.45. The lowest BCUT2D eigenvalue weighted by atomic mass is 10.1. The van der Waals surface area contributed by atoms with E-state index in [2.05, 4.69) is 22.5 Å². The molecule has 102 valence electrons. The Kier molecular flexibility index (Phi) is 9.60. The summed E-state index contributed by atoms with van der Waals surface area (Å²) in [7, 11) is 0. The maximum Gasteiger partial charge on any atom is 0.332 e. The zero-order valence-corrected chi connectivity index (χ0v) is 12.9. The molecule has 0 aromatic heterocycles. The van der Waals surface area contributed by atoms with E-state index in [1.807, 2.05) is 26.0 Å². The van der Waals surface area contributed by atoms with Crippen molar-refractivity contribution in [2.75, 3.05) is 19.8 Å². The fourth-order valence-corrected chi connectivity index (χ4v) is 1.45. The molecule has 4 heteroatoms. The molecule has 0 heterocycles. The first-order valence-corrected chi connectivity index (χ1v) is 6.78. The molecule has 0 spiro atoms. The topological polar surface area (TPSA) is 35.5 Å². The monoisotopic (exact) mass is 316 g/mol. The van der Waals surface area contributed by atoms with Crippen molar-refractivity contribution in [3.05, 3.63) is 34.4 Å². The quantitative estimate of drug-likeness (QED) is 0.505. The molecule has 0 aliphatic rings. The summed E-state index contributed by atoms with van der Waals surface area (Å²) in [4.78, 5) is 11.1. The molecule has 0 aliphatic carbocycles. The van der Waals surface area contributed by atoms with Gasteiger partial charge in [0.25, 0.3) is 0 Å². The van der Waals surface area contributed by atoms with E-state index in [1.54, 1.807) is 6.92 Å². The van der Waals surface area contributed by atoms with Crippen LogP contribution < -0.4 is 0 Å². The van der Waals surface area contributed by atoms with Gasteiger partial charge in [0.05, 0.1) is 13.2 Å². The molecule has 0 saturated carbocycles. The van der Waals surface area contributed by atoms with E-state index in [4.69, 9.17) is 9.47 Å². The van der Waals surface area contributed by atoms with Gasteiger partial charge in [-0.25, -0.2) is 4.79 Å². The molecule has 18 heavy (non-hydrogen) atoms. The normalized spacial score (nSPS) is 12.4. The summed E-state index contributed by atoms with van der Waals surface area (Å²) in [6.45, 7) is 10.4. The highest BCUT2D eigenvalue weighted by Crippen LogP contribution is 2.17. The predicted molar refractivity (Wildman–Crippen MR) is 77.7 cm³/mol. The molecule has 0 amide bonds. The van der Waals surface area contributed by atoms with E-state index in [-0.39, 0.29) is 12.6 Å². The Morgan fingerprint density at radius 2 is 2.00 bits per heavy atom. The molecule has 0 aromatic rings. The van der Waals surface area contributed by atoms with Crippen molar-refractivity contribution in [2.24, 2.45) is 0 Å². The van der Waals surface area contributed by atoms with Gasteiger partial charge in [0.1, 0.15) is 6.61 Å². The molecule has 0 aliphatic heterocycles. The summed E-state index contributed by atoms with van der Waals surface area (Å²) in [6, 6.07) is 0. The lowest BCUT2D eigenvalue weighted by Crippen LogP contribution is -2.14. The summed E-state index contributed by atoms with van der Waals surface area (Å²) >= 11 is 3.42. The van der Waals surface area contributed by atoms with E-state index in [1.165, 1.54) is 0 Å². The van der Waals surface area contributed by atoms with Crippen LogP contribution in [-0.2, 0) is 14.3 Å². The summed E-state index contributed by atoms with van der Waals surface area (Å²) < 4.78 is 11.1. The predicted octanol–water partition coefficient (Wildman–Crippen LogP) is 3.76. The Morgan fingerprint density at radius 3 is 2.50 bits per heavy atom. The molecule has 0 bridgehead atoms. The van der Waals surface area contributed by atoms with Crippen LogP contribution in [0.5, 0.6) is 0 Å². The Bertz CT molecular complexity index is 343. The second-order valence-corrected chi connectivity index (χ2v) is 4.51. The van der Waals surface area contributed by atoms with Crippen LogP contribution in [0.1, 0.15) is 27.2 Å². The first kappa shape index (κ1) is 17.1. The first-order chi connectivity index (χ1) is 8.54. The maximum absolute atomic E-state index is 11.1. The van der Waals surface area contributed by atoms with E-state index in [0.717, 1.165) is 22.0 Å². The van der Waals surface area contributed by atoms with Crippen molar-refractivity contribution >= 4 is 21.9 Å². The standard InChI is InChI=1S/C14H21BrO3/c1-5-11(4)12(8-13(15)6-2)9-17-10-14(16)18-7-3/h6,8H,4-5,7,9-10H2,1-3H3/b12-8-,13-6+. The van der Waals surface area contributed by atoms with E-state index >= 15 is 0 Å². The van der Waals surface area contributed by atoms with Gasteiger partial charge in [-0.05, 0) is 37.5 Å². The maximum atomic E-state index is 11.1. The van der Waals surface area contributed by atoms with Crippen molar-refractivity contribution in [1.29, 1.82) is 0 Å². The highest BCUT2D eigenvalue weighted by Gasteiger charge is 2.05. The van der Waals surface area contributed by atoms with Crippen LogP contribution >= 0.6 is 15.9 Å². The molecule has 0 atom stereocenters. The summed E-state index contributed by atoms with van der Waals surface area (Å²) in [6.07, 6.45) is 4.74. The van der Waals surface area contributed by atoms with Crippen molar-refractivity contribution < 1.29 is 14.3 Å². The molecule has 0 radical (unpaired) electrons. The van der Waals surface area contributed by atoms with Crippen LogP contribution in [0.3, 0.4) is 0 Å². The molecule has 0 fully saturated rings. The lowest BCUT2D eigenvalue weighted by Gasteiger charge is -2.10. The van der Waals surface area contributed by atoms with Gasteiger partial charge in [0.2, 0.25) is 0 Å². The van der Waals surface area contributed by atoms with Gasteiger partial charge in [0, 0.05) is 4.48 Å². The second kappa shape index (κ2) is 10.1. The van der Waals surface area contributed by atoms with Crippen molar-refractivity contribution in [2.45, 2.75) is 27.2 Å². The van der Waals surface area contributed by atoms with Crippen molar-refractivity contribution in [3.63, 3.8) is 0 Å². The first-order valence-electron chi connectivity index (χ1n) is 5.99. The minimum atomic E-state index is -0.343. The minimum absolute atomic E-state index is 0.0321. The minimum Gasteiger partial charge on any atom is -0.464 e. The number of halogens is 1. The fourth-order valence-electron chi connectivity index (χ4n) is 1.17. The Balaban J connectivity index is 4.40. The van der Waals surface area contributed by atoms with Crippen LogP contribution in [0.15, 0.2) is 34.4 Å². The van der Waals surface area contributed by atoms with Crippen molar-refractivity contribution in [3.8, 4) is 0 Å². The van der Waals surface area contributed by atoms with Gasteiger partial charge in [-0.15, -0.1) is 0 Å².